The van der Waals surface area contributed by atoms with Crippen molar-refractivity contribution >= 4 is 28.5 Å². The van der Waals surface area contributed by atoms with Gasteiger partial charge in [-0.25, -0.2) is 9.97 Å². The molecule has 10 nitrogen and oxygen atoms in total. The average Bonchev–Trinajstić information content (AvgIpc) is 3.55. The number of rotatable bonds is 7. The number of ether oxygens (including phenoxy) is 1. The van der Waals surface area contributed by atoms with Crippen LogP contribution in [0.1, 0.15) is 94.0 Å². The van der Waals surface area contributed by atoms with E-state index in [0.29, 0.717) is 23.0 Å². The molecule has 1 saturated carbocycles. The van der Waals surface area contributed by atoms with Gasteiger partial charge in [0.15, 0.2) is 5.88 Å². The fourth-order valence-corrected chi connectivity index (χ4v) is 7.26. The quantitative estimate of drug-likeness (QED) is 0.289. The first-order valence-corrected chi connectivity index (χ1v) is 16.4. The summed E-state index contributed by atoms with van der Waals surface area (Å²) in [4.78, 5) is 38.9. The lowest BCUT2D eigenvalue weighted by molar-refractivity contribution is -0.129. The minimum Gasteiger partial charge on any atom is -0.482 e. The fraction of sp³-hybridized carbons (Fsp3) is 0.543. The Balaban J connectivity index is 1.29. The van der Waals surface area contributed by atoms with Crippen molar-refractivity contribution in [2.45, 2.75) is 104 Å². The minimum absolute atomic E-state index is 0.00569. The van der Waals surface area contributed by atoms with E-state index in [4.69, 9.17) is 20.4 Å². The number of nitrogens with one attached hydrogen (secondary N) is 1. The summed E-state index contributed by atoms with van der Waals surface area (Å²) in [5.74, 6) is 1.18. The number of piperidine rings is 1. The highest BCUT2D eigenvalue weighted by atomic mass is 16.5. The molecule has 3 fully saturated rings. The van der Waals surface area contributed by atoms with Crippen LogP contribution in [0.15, 0.2) is 30.3 Å². The third kappa shape index (κ3) is 5.16. The molecule has 10 heteroatoms. The number of imidazole rings is 1. The number of pyridine rings is 2. The summed E-state index contributed by atoms with van der Waals surface area (Å²) in [6, 6.07) is 10.1. The van der Waals surface area contributed by atoms with E-state index in [-0.39, 0.29) is 36.0 Å². The number of hydrogen-bond acceptors (Lipinski definition) is 6. The Kier molecular flexibility index (Phi) is 7.18. The SMILES string of the molecule is COc1cc(C(=O)N2[C@@H]3CC[C@@H](N)[C@H]2CC3)cc2nc(-c3cc4ccc([C@@H](C)NC(=O)C(C)(C)C)nc4n3CC3CC3)c(C)n12. The molecule has 7 rings (SSSR count). The number of carbonyl (C=O) groups excluding carboxylic acids is 2. The molecule has 2 amide bonds. The highest BCUT2D eigenvalue weighted by Crippen LogP contribution is 2.39. The number of hydrogen-bond donors (Lipinski definition) is 2. The van der Waals surface area contributed by atoms with Crippen LogP contribution >= 0.6 is 0 Å². The van der Waals surface area contributed by atoms with Gasteiger partial charge in [0.1, 0.15) is 17.0 Å². The molecule has 2 aliphatic heterocycles. The van der Waals surface area contributed by atoms with Gasteiger partial charge in [0.2, 0.25) is 5.91 Å². The molecule has 6 heterocycles. The third-order valence-electron chi connectivity index (χ3n) is 10.1. The smallest absolute Gasteiger partial charge is 0.254 e. The van der Waals surface area contributed by atoms with Gasteiger partial charge in [-0.05, 0) is 82.6 Å². The second kappa shape index (κ2) is 10.9. The van der Waals surface area contributed by atoms with E-state index in [0.717, 1.165) is 66.0 Å². The first-order chi connectivity index (χ1) is 21.4. The number of methoxy groups -OCH3 is 1. The van der Waals surface area contributed by atoms with E-state index < -0.39 is 5.41 Å². The molecule has 238 valence electrons. The zero-order valence-corrected chi connectivity index (χ0v) is 27.3. The topological polar surface area (TPSA) is 120 Å². The van der Waals surface area contributed by atoms with Crippen molar-refractivity contribution in [2.24, 2.45) is 17.1 Å². The third-order valence-corrected chi connectivity index (χ3v) is 10.1. The Bertz CT molecular complexity index is 1810. The lowest BCUT2D eigenvalue weighted by Gasteiger charge is -2.38. The van der Waals surface area contributed by atoms with Gasteiger partial charge in [-0.2, -0.15) is 0 Å². The second-order valence-electron chi connectivity index (χ2n) is 14.5. The largest absolute Gasteiger partial charge is 0.482 e. The van der Waals surface area contributed by atoms with Crippen molar-refractivity contribution < 1.29 is 14.3 Å². The number of aryl methyl sites for hydroxylation is 1. The monoisotopic (exact) mass is 611 g/mol. The van der Waals surface area contributed by atoms with E-state index in [1.807, 2.05) is 62.1 Å². The highest BCUT2D eigenvalue weighted by molar-refractivity contribution is 5.96. The number of amides is 2. The van der Waals surface area contributed by atoms with Crippen molar-refractivity contribution in [1.82, 2.24) is 29.2 Å². The van der Waals surface area contributed by atoms with Crippen LogP contribution in [-0.4, -0.2) is 60.9 Å². The number of nitrogens with zero attached hydrogens (tertiary/aromatic N) is 5. The Morgan fingerprint density at radius 3 is 2.53 bits per heavy atom. The van der Waals surface area contributed by atoms with Gasteiger partial charge in [0, 0.05) is 47.1 Å². The first-order valence-electron chi connectivity index (χ1n) is 16.4. The van der Waals surface area contributed by atoms with Crippen LogP contribution in [0, 0.1) is 18.3 Å². The number of carbonyl (C=O) groups is 2. The van der Waals surface area contributed by atoms with Gasteiger partial charge < -0.3 is 25.3 Å². The molecule has 4 aromatic rings. The van der Waals surface area contributed by atoms with Crippen LogP contribution in [-0.2, 0) is 11.3 Å². The Morgan fingerprint density at radius 2 is 1.82 bits per heavy atom. The van der Waals surface area contributed by atoms with Gasteiger partial charge in [-0.3, -0.25) is 14.0 Å². The molecular weight excluding hydrogens is 566 g/mol. The summed E-state index contributed by atoms with van der Waals surface area (Å²) >= 11 is 0. The summed E-state index contributed by atoms with van der Waals surface area (Å²) in [6.07, 6.45) is 6.30. The van der Waals surface area contributed by atoms with Gasteiger partial charge in [-0.15, -0.1) is 0 Å². The predicted molar refractivity (Wildman–Crippen MR) is 174 cm³/mol. The summed E-state index contributed by atoms with van der Waals surface area (Å²) in [5.41, 5.74) is 11.7. The zero-order chi connectivity index (χ0) is 31.8. The molecule has 0 radical (unpaired) electrons. The lowest BCUT2D eigenvalue weighted by Crippen LogP contribution is -2.53. The normalized spacial score (nSPS) is 22.3. The van der Waals surface area contributed by atoms with Crippen LogP contribution in [0.5, 0.6) is 5.88 Å². The molecule has 0 unspecified atom stereocenters. The number of aromatic nitrogens is 4. The van der Waals surface area contributed by atoms with E-state index in [1.165, 1.54) is 12.8 Å². The molecule has 1 aliphatic carbocycles. The Hall–Kier alpha value is -3.92. The van der Waals surface area contributed by atoms with E-state index in [2.05, 4.69) is 22.0 Å². The molecule has 4 atom stereocenters. The standard InChI is InChI=1S/C35H45N7O3/c1-19(37-34(44)35(3,4)5)26-13-9-22-15-28(40(32(22)38-26)18-21-7-8-21)31-20(2)41-29(39-31)16-23(17-30(41)45-6)33(43)42-24-10-12-25(36)27(42)14-11-24/h9,13,15-17,19,21,24-25,27H,7-8,10-12,14,18,36H2,1-6H3,(H,37,44)/t19-,24-,25-,27-/m1/s1. The molecule has 0 spiro atoms. The fourth-order valence-electron chi connectivity index (χ4n) is 7.26. The van der Waals surface area contributed by atoms with Gasteiger partial charge in [0.05, 0.1) is 30.2 Å². The van der Waals surface area contributed by atoms with E-state index in [9.17, 15) is 9.59 Å². The predicted octanol–water partition coefficient (Wildman–Crippen LogP) is 5.40. The van der Waals surface area contributed by atoms with Crippen molar-refractivity contribution in [3.8, 4) is 17.3 Å². The van der Waals surface area contributed by atoms with Crippen molar-refractivity contribution in [3.05, 3.63) is 47.3 Å². The lowest BCUT2D eigenvalue weighted by atomic mass is 9.95. The maximum atomic E-state index is 13.9. The summed E-state index contributed by atoms with van der Waals surface area (Å²) in [7, 11) is 1.64. The molecule has 4 aromatic heterocycles. The molecule has 3 aliphatic rings. The molecule has 45 heavy (non-hydrogen) atoms. The molecular formula is C35H45N7O3. The van der Waals surface area contributed by atoms with Gasteiger partial charge in [-0.1, -0.05) is 20.8 Å². The highest BCUT2D eigenvalue weighted by Gasteiger charge is 2.44. The zero-order valence-electron chi connectivity index (χ0n) is 27.3. The summed E-state index contributed by atoms with van der Waals surface area (Å²) < 4.78 is 10.1. The number of nitrogens with two attached hydrogens (primary N) is 1. The maximum absolute atomic E-state index is 13.9. The minimum atomic E-state index is -0.482. The molecule has 0 aromatic carbocycles. The van der Waals surface area contributed by atoms with E-state index in [1.54, 1.807) is 7.11 Å². The molecule has 2 saturated heterocycles. The van der Waals surface area contributed by atoms with E-state index >= 15 is 0 Å². The van der Waals surface area contributed by atoms with Crippen LogP contribution in [0.2, 0.25) is 0 Å². The van der Waals surface area contributed by atoms with Crippen LogP contribution in [0.4, 0.5) is 0 Å². The molecule has 3 N–H and O–H groups in total. The van der Waals surface area contributed by atoms with Crippen molar-refractivity contribution in [1.29, 1.82) is 0 Å². The summed E-state index contributed by atoms with van der Waals surface area (Å²) in [5, 5.41) is 4.15. The average molecular weight is 612 g/mol. The maximum Gasteiger partial charge on any atom is 0.254 e. The van der Waals surface area contributed by atoms with Gasteiger partial charge in [0.25, 0.3) is 5.91 Å². The second-order valence-corrected chi connectivity index (χ2v) is 14.5. The Labute approximate surface area is 264 Å². The van der Waals surface area contributed by atoms with Crippen molar-refractivity contribution in [3.63, 3.8) is 0 Å². The van der Waals surface area contributed by atoms with Crippen LogP contribution in [0.25, 0.3) is 28.1 Å². The van der Waals surface area contributed by atoms with Crippen LogP contribution < -0.4 is 15.8 Å². The van der Waals surface area contributed by atoms with Crippen molar-refractivity contribution in [2.75, 3.05) is 7.11 Å². The first kappa shape index (κ1) is 29.8. The Morgan fingerprint density at radius 1 is 1.07 bits per heavy atom. The van der Waals surface area contributed by atoms with Crippen LogP contribution in [0.3, 0.4) is 0 Å². The molecule has 2 bridgehead atoms. The van der Waals surface area contributed by atoms with Gasteiger partial charge >= 0.3 is 0 Å². The summed E-state index contributed by atoms with van der Waals surface area (Å²) in [6.45, 7) is 10.6. The number of fused-ring (bicyclic) bond motifs is 4.